The second-order valence-electron chi connectivity index (χ2n) is 7.94. The fourth-order valence-corrected chi connectivity index (χ4v) is 3.83. The largest absolute Gasteiger partial charge is 0.481 e. The van der Waals surface area contributed by atoms with Gasteiger partial charge in [0.2, 0.25) is 11.8 Å². The number of nitrogens with zero attached hydrogens (tertiary/aromatic N) is 5. The molecule has 174 valence electrons. The van der Waals surface area contributed by atoms with Crippen LogP contribution in [0.2, 0.25) is 5.02 Å². The number of amides is 2. The smallest absolute Gasteiger partial charge is 0.321 e. The summed E-state index contributed by atoms with van der Waals surface area (Å²) in [5, 5.41) is 15.6. The second-order valence-corrected chi connectivity index (χ2v) is 8.37. The highest BCUT2D eigenvalue weighted by molar-refractivity contribution is 6.30. The maximum absolute atomic E-state index is 12.8. The number of carbonyl (C=O) groups excluding carboxylic acids is 1. The quantitative estimate of drug-likeness (QED) is 0.300. The molecule has 3 rings (SSSR count). The number of pyridine rings is 1. The summed E-state index contributed by atoms with van der Waals surface area (Å²) in [6, 6.07) is 10.5. The summed E-state index contributed by atoms with van der Waals surface area (Å²) in [5.41, 5.74) is 1.51. The molecule has 1 aliphatic heterocycles. The van der Waals surface area contributed by atoms with E-state index in [1.165, 1.54) is 0 Å². The van der Waals surface area contributed by atoms with E-state index in [0.29, 0.717) is 48.7 Å². The van der Waals surface area contributed by atoms with Crippen molar-refractivity contribution >= 4 is 29.3 Å². The van der Waals surface area contributed by atoms with Crippen molar-refractivity contribution in [3.8, 4) is 12.1 Å². The molecule has 1 aromatic heterocycles. The zero-order chi connectivity index (χ0) is 23.8. The average molecular weight is 470 g/mol. The van der Waals surface area contributed by atoms with Gasteiger partial charge in [-0.15, -0.1) is 0 Å². The molecule has 0 saturated carbocycles. The van der Waals surface area contributed by atoms with Crippen LogP contribution in [0.5, 0.6) is 5.88 Å². The number of guanidine groups is 1. The maximum Gasteiger partial charge on any atom is 0.321 e. The van der Waals surface area contributed by atoms with E-state index in [0.717, 1.165) is 5.56 Å². The molecule has 9 nitrogen and oxygen atoms in total. The van der Waals surface area contributed by atoms with Crippen LogP contribution in [-0.4, -0.2) is 59.6 Å². The molecule has 2 amide bonds. The Kier molecular flexibility index (Phi) is 8.33. The standard InChI is InChI=1S/C23H28ClN7O2/c1-16(2)20-14-30(23(32)29-19-8-6-18(24)7-9-19)11-12-31(20)22(28-15-25)27-13-17-5-4-10-26-21(17)33-3/h4-10,16,20H,11-14H2,1-3H3,(H,27,28)(H,29,32). The van der Waals surface area contributed by atoms with E-state index in [9.17, 15) is 10.1 Å². The summed E-state index contributed by atoms with van der Waals surface area (Å²) in [7, 11) is 1.56. The highest BCUT2D eigenvalue weighted by Gasteiger charge is 2.33. The van der Waals surface area contributed by atoms with Gasteiger partial charge >= 0.3 is 6.03 Å². The first-order valence-electron chi connectivity index (χ1n) is 10.7. The Hall–Kier alpha value is -3.51. The van der Waals surface area contributed by atoms with E-state index in [-0.39, 0.29) is 18.0 Å². The van der Waals surface area contributed by atoms with Crippen molar-refractivity contribution in [1.29, 1.82) is 5.26 Å². The van der Waals surface area contributed by atoms with Crippen LogP contribution in [0.3, 0.4) is 0 Å². The van der Waals surface area contributed by atoms with Gasteiger partial charge in [-0.05, 0) is 36.2 Å². The highest BCUT2D eigenvalue weighted by atomic mass is 35.5. The molecule has 1 fully saturated rings. The number of methoxy groups -OCH3 is 1. The minimum Gasteiger partial charge on any atom is -0.481 e. The monoisotopic (exact) mass is 469 g/mol. The van der Waals surface area contributed by atoms with E-state index in [2.05, 4.69) is 39.4 Å². The number of nitriles is 1. The molecule has 1 saturated heterocycles. The Morgan fingerprint density at radius 2 is 2.09 bits per heavy atom. The van der Waals surface area contributed by atoms with Gasteiger partial charge in [-0.3, -0.25) is 5.32 Å². The molecular weight excluding hydrogens is 442 g/mol. The molecule has 2 heterocycles. The van der Waals surface area contributed by atoms with Gasteiger partial charge in [0.25, 0.3) is 0 Å². The molecule has 1 aliphatic rings. The number of aliphatic imine (C=N–C) groups is 1. The van der Waals surface area contributed by atoms with Gasteiger partial charge < -0.3 is 19.9 Å². The zero-order valence-electron chi connectivity index (χ0n) is 19.0. The van der Waals surface area contributed by atoms with Crippen LogP contribution >= 0.6 is 11.6 Å². The third-order valence-electron chi connectivity index (χ3n) is 5.45. The van der Waals surface area contributed by atoms with Gasteiger partial charge in [-0.25, -0.2) is 14.8 Å². The number of hydrogen-bond acceptors (Lipinski definition) is 5. The molecule has 0 aliphatic carbocycles. The lowest BCUT2D eigenvalue weighted by atomic mass is 10.00. The fraction of sp³-hybridized carbons (Fsp3) is 0.391. The Bertz CT molecular complexity index is 1020. The molecule has 0 spiro atoms. The molecule has 2 N–H and O–H groups in total. The van der Waals surface area contributed by atoms with E-state index in [4.69, 9.17) is 16.3 Å². The third kappa shape index (κ3) is 6.26. The minimum atomic E-state index is -0.172. The number of rotatable bonds is 5. The number of aromatic nitrogens is 1. The van der Waals surface area contributed by atoms with Crippen LogP contribution in [-0.2, 0) is 6.54 Å². The lowest BCUT2D eigenvalue weighted by molar-refractivity contribution is 0.118. The lowest BCUT2D eigenvalue weighted by Gasteiger charge is -2.44. The molecule has 10 heteroatoms. The maximum atomic E-state index is 12.8. The summed E-state index contributed by atoms with van der Waals surface area (Å²) in [6.07, 6.45) is 3.64. The summed E-state index contributed by atoms with van der Waals surface area (Å²) in [6.45, 7) is 6.01. The number of hydrogen-bond donors (Lipinski definition) is 2. The van der Waals surface area contributed by atoms with Crippen molar-refractivity contribution in [3.63, 3.8) is 0 Å². The topological polar surface area (TPSA) is 106 Å². The normalized spacial score (nSPS) is 16.4. The van der Waals surface area contributed by atoms with Crippen molar-refractivity contribution in [1.82, 2.24) is 20.1 Å². The average Bonchev–Trinajstić information content (AvgIpc) is 2.83. The van der Waals surface area contributed by atoms with Crippen molar-refractivity contribution < 1.29 is 9.53 Å². The number of halogens is 1. The zero-order valence-corrected chi connectivity index (χ0v) is 19.7. The number of anilines is 1. The lowest BCUT2D eigenvalue weighted by Crippen LogP contribution is -2.60. The van der Waals surface area contributed by atoms with Crippen LogP contribution < -0.4 is 15.4 Å². The predicted octanol–water partition coefficient (Wildman–Crippen LogP) is 3.54. The summed E-state index contributed by atoms with van der Waals surface area (Å²) < 4.78 is 5.30. The van der Waals surface area contributed by atoms with Gasteiger partial charge in [-0.1, -0.05) is 31.5 Å². The van der Waals surface area contributed by atoms with Crippen molar-refractivity contribution in [2.45, 2.75) is 26.4 Å². The summed E-state index contributed by atoms with van der Waals surface area (Å²) in [4.78, 5) is 25.5. The number of carbonyl (C=O) groups is 1. The summed E-state index contributed by atoms with van der Waals surface area (Å²) >= 11 is 5.92. The van der Waals surface area contributed by atoms with Gasteiger partial charge in [0, 0.05) is 42.1 Å². The molecule has 33 heavy (non-hydrogen) atoms. The molecule has 1 atom stereocenters. The van der Waals surface area contributed by atoms with Gasteiger partial charge in [0.1, 0.15) is 0 Å². The van der Waals surface area contributed by atoms with Crippen LogP contribution in [0, 0.1) is 17.4 Å². The second kappa shape index (κ2) is 11.4. The summed E-state index contributed by atoms with van der Waals surface area (Å²) in [5.74, 6) is 1.19. The molecule has 1 unspecified atom stereocenters. The SMILES string of the molecule is COc1ncccc1CN=C(NC#N)N1CCN(C(=O)Nc2ccc(Cl)cc2)CC1C(C)C. The van der Waals surface area contributed by atoms with Crippen LogP contribution in [0.4, 0.5) is 10.5 Å². The van der Waals surface area contributed by atoms with Gasteiger partial charge in [0.05, 0.1) is 19.7 Å². The number of piperazine rings is 1. The Morgan fingerprint density at radius 1 is 1.33 bits per heavy atom. The van der Waals surface area contributed by atoms with Crippen LogP contribution in [0.25, 0.3) is 0 Å². The van der Waals surface area contributed by atoms with E-state index in [1.54, 1.807) is 42.5 Å². The van der Waals surface area contributed by atoms with Gasteiger partial charge in [-0.2, -0.15) is 5.26 Å². The number of ether oxygens (including phenoxy) is 1. The Morgan fingerprint density at radius 3 is 2.76 bits per heavy atom. The third-order valence-corrected chi connectivity index (χ3v) is 5.71. The van der Waals surface area contributed by atoms with Crippen molar-refractivity contribution in [2.24, 2.45) is 10.9 Å². The molecule has 2 aromatic rings. The fourth-order valence-electron chi connectivity index (χ4n) is 3.70. The number of urea groups is 1. The Balaban J connectivity index is 1.74. The molecule has 0 radical (unpaired) electrons. The van der Waals surface area contributed by atoms with Gasteiger partial charge in [0.15, 0.2) is 6.19 Å². The van der Waals surface area contributed by atoms with E-state index >= 15 is 0 Å². The van der Waals surface area contributed by atoms with Crippen molar-refractivity contribution in [3.05, 3.63) is 53.2 Å². The first-order valence-corrected chi connectivity index (χ1v) is 11.1. The molecule has 0 bridgehead atoms. The molecule has 1 aromatic carbocycles. The van der Waals surface area contributed by atoms with Crippen molar-refractivity contribution in [2.75, 3.05) is 32.1 Å². The molecular formula is C23H28ClN7O2. The number of nitrogens with one attached hydrogen (secondary N) is 2. The highest BCUT2D eigenvalue weighted by Crippen LogP contribution is 2.21. The Labute approximate surface area is 199 Å². The van der Waals surface area contributed by atoms with E-state index in [1.807, 2.05) is 18.3 Å². The number of benzene rings is 1. The first kappa shape index (κ1) is 24.1. The predicted molar refractivity (Wildman–Crippen MR) is 128 cm³/mol. The van der Waals surface area contributed by atoms with Crippen LogP contribution in [0.15, 0.2) is 47.6 Å². The van der Waals surface area contributed by atoms with Crippen LogP contribution in [0.1, 0.15) is 19.4 Å². The minimum absolute atomic E-state index is 0.0230. The first-order chi connectivity index (χ1) is 15.9. The van der Waals surface area contributed by atoms with E-state index < -0.39 is 0 Å².